The highest BCUT2D eigenvalue weighted by Gasteiger charge is 2.33. The van der Waals surface area contributed by atoms with Crippen LogP contribution in [0, 0.1) is 5.92 Å². The lowest BCUT2D eigenvalue weighted by molar-refractivity contribution is -0.137. The lowest BCUT2D eigenvalue weighted by atomic mass is 9.86. The van der Waals surface area contributed by atoms with E-state index in [1.165, 1.54) is 10.4 Å². The quantitative estimate of drug-likeness (QED) is 0.387. The van der Waals surface area contributed by atoms with E-state index in [0.29, 0.717) is 11.7 Å². The van der Waals surface area contributed by atoms with Crippen LogP contribution in [0.25, 0.3) is 15.7 Å². The Balaban J connectivity index is 1.19. The van der Waals surface area contributed by atoms with Crippen LogP contribution < -0.4 is 10.1 Å². The number of nitrogens with zero attached hydrogens (tertiary/aromatic N) is 7. The number of anilines is 2. The average molecular weight is 535 g/mol. The van der Waals surface area contributed by atoms with Gasteiger partial charge in [-0.15, -0.1) is 11.3 Å². The van der Waals surface area contributed by atoms with Crippen molar-refractivity contribution in [1.82, 2.24) is 34.3 Å². The number of likely N-dealkylation sites (N-methyl/N-ethyl adjacent to an activating group) is 1. The van der Waals surface area contributed by atoms with Crippen molar-refractivity contribution in [2.75, 3.05) is 65.8 Å². The van der Waals surface area contributed by atoms with Crippen molar-refractivity contribution in [3.8, 4) is 5.75 Å². The van der Waals surface area contributed by atoms with Crippen LogP contribution in [0.4, 0.5) is 11.5 Å². The van der Waals surface area contributed by atoms with Crippen LogP contribution in [0.3, 0.4) is 0 Å². The molecule has 11 heteroatoms. The Hall–Kier alpha value is -3.28. The van der Waals surface area contributed by atoms with Gasteiger partial charge in [0, 0.05) is 56.3 Å². The molecule has 0 bridgehead atoms. The topological polar surface area (TPSA) is 91.1 Å². The molecule has 38 heavy (non-hydrogen) atoms. The summed E-state index contributed by atoms with van der Waals surface area (Å²) in [6.45, 7) is 5.68. The van der Waals surface area contributed by atoms with Gasteiger partial charge >= 0.3 is 0 Å². The molecule has 0 saturated carbocycles. The van der Waals surface area contributed by atoms with Gasteiger partial charge in [-0.3, -0.25) is 9.69 Å². The number of aryl methyl sites for hydroxylation is 1. The summed E-state index contributed by atoms with van der Waals surface area (Å²) in [5.41, 5.74) is 3.06. The molecule has 1 aliphatic heterocycles. The minimum atomic E-state index is 0.0395. The molecule has 6 rings (SSSR count). The molecule has 200 valence electrons. The maximum atomic E-state index is 13.5. The summed E-state index contributed by atoms with van der Waals surface area (Å²) in [5, 5.41) is 8.85. The molecule has 1 N–H and O–H groups in total. The molecule has 4 aromatic heterocycles. The van der Waals surface area contributed by atoms with Crippen LogP contribution in [0.2, 0.25) is 0 Å². The molecule has 5 heterocycles. The number of fused-ring (bicyclic) bond motifs is 4. The van der Waals surface area contributed by atoms with Crippen molar-refractivity contribution in [3.63, 3.8) is 0 Å². The standard InChI is InChI=1S/C27H34N8O2S/c1-32(2)8-9-33-10-12-34(13-11-33)27(36)18-4-5-20-23(14-18)38-26-24(20)25(28-17-29-26)31-21-15-19-6-7-30-35(19)16-22(21)37-3/h6-7,15-18H,4-5,8-14H2,1-3H3,(H,28,29,31)/t18-/m0/s1. The summed E-state index contributed by atoms with van der Waals surface area (Å²) >= 11 is 1.70. The highest BCUT2D eigenvalue weighted by atomic mass is 32.1. The number of hydrogen-bond acceptors (Lipinski definition) is 9. The molecular weight excluding hydrogens is 500 g/mol. The molecule has 1 aliphatic carbocycles. The highest BCUT2D eigenvalue weighted by molar-refractivity contribution is 7.19. The smallest absolute Gasteiger partial charge is 0.226 e. The number of thiophene rings is 1. The Morgan fingerprint density at radius 2 is 2.08 bits per heavy atom. The van der Waals surface area contributed by atoms with Gasteiger partial charge in [-0.1, -0.05) is 0 Å². The van der Waals surface area contributed by atoms with Crippen molar-refractivity contribution in [2.45, 2.75) is 19.3 Å². The third kappa shape index (κ3) is 4.81. The number of carbonyl (C=O) groups is 1. The first-order valence-corrected chi connectivity index (χ1v) is 14.0. The molecule has 0 spiro atoms. The number of pyridine rings is 1. The molecule has 1 atom stereocenters. The van der Waals surface area contributed by atoms with Gasteiger partial charge in [-0.05, 0) is 51.1 Å². The van der Waals surface area contributed by atoms with Gasteiger partial charge in [-0.2, -0.15) is 5.10 Å². The number of carbonyl (C=O) groups excluding carboxylic acids is 1. The molecule has 0 radical (unpaired) electrons. The lowest BCUT2D eigenvalue weighted by Gasteiger charge is -2.37. The number of aromatic nitrogens is 4. The first kappa shape index (κ1) is 25.0. The van der Waals surface area contributed by atoms with Gasteiger partial charge in [0.25, 0.3) is 0 Å². The average Bonchev–Trinajstić information content (AvgIpc) is 3.55. The predicted molar refractivity (Wildman–Crippen MR) is 150 cm³/mol. The van der Waals surface area contributed by atoms with E-state index in [4.69, 9.17) is 4.74 Å². The minimum absolute atomic E-state index is 0.0395. The van der Waals surface area contributed by atoms with Crippen LogP contribution in [-0.4, -0.2) is 101 Å². The van der Waals surface area contributed by atoms with Crippen LogP contribution >= 0.6 is 11.3 Å². The fourth-order valence-corrected chi connectivity index (χ4v) is 6.81. The van der Waals surface area contributed by atoms with Crippen molar-refractivity contribution >= 4 is 44.5 Å². The number of methoxy groups -OCH3 is 1. The van der Waals surface area contributed by atoms with Gasteiger partial charge < -0.3 is 19.9 Å². The number of hydrogen-bond donors (Lipinski definition) is 1. The predicted octanol–water partition coefficient (Wildman–Crippen LogP) is 2.90. The Labute approximate surface area is 226 Å². The van der Waals surface area contributed by atoms with Gasteiger partial charge in [0.15, 0.2) is 5.75 Å². The van der Waals surface area contributed by atoms with Gasteiger partial charge in [0.05, 0.1) is 29.9 Å². The Morgan fingerprint density at radius 1 is 1.24 bits per heavy atom. The third-order valence-electron chi connectivity index (χ3n) is 7.71. The monoisotopic (exact) mass is 534 g/mol. The Kier molecular flexibility index (Phi) is 6.89. The van der Waals surface area contributed by atoms with Crippen molar-refractivity contribution < 1.29 is 9.53 Å². The van der Waals surface area contributed by atoms with Crippen molar-refractivity contribution in [2.24, 2.45) is 5.92 Å². The van der Waals surface area contributed by atoms with Crippen LogP contribution in [0.1, 0.15) is 16.9 Å². The maximum Gasteiger partial charge on any atom is 0.226 e. The maximum absolute atomic E-state index is 13.5. The lowest BCUT2D eigenvalue weighted by Crippen LogP contribution is -2.51. The summed E-state index contributed by atoms with van der Waals surface area (Å²) in [4.78, 5) is 31.6. The fraction of sp³-hybridized carbons (Fsp3) is 0.481. The van der Waals surface area contributed by atoms with Gasteiger partial charge in [0.2, 0.25) is 5.91 Å². The Morgan fingerprint density at radius 3 is 2.87 bits per heavy atom. The van der Waals surface area contributed by atoms with E-state index >= 15 is 0 Å². The molecule has 10 nitrogen and oxygen atoms in total. The van der Waals surface area contributed by atoms with E-state index < -0.39 is 0 Å². The first-order valence-electron chi connectivity index (χ1n) is 13.2. The van der Waals surface area contributed by atoms with Crippen LogP contribution in [0.15, 0.2) is 30.9 Å². The summed E-state index contributed by atoms with van der Waals surface area (Å²) in [6.07, 6.45) is 7.72. The second-order valence-electron chi connectivity index (χ2n) is 10.4. The Bertz CT molecular complexity index is 1460. The number of piperazine rings is 1. The number of nitrogens with one attached hydrogen (secondary N) is 1. The van der Waals surface area contributed by atoms with E-state index in [1.54, 1.807) is 35.5 Å². The minimum Gasteiger partial charge on any atom is -0.493 e. The zero-order chi connectivity index (χ0) is 26.2. The number of amides is 1. The summed E-state index contributed by atoms with van der Waals surface area (Å²) in [6, 6.07) is 3.96. The van der Waals surface area contributed by atoms with Crippen molar-refractivity contribution in [3.05, 3.63) is 41.3 Å². The first-order chi connectivity index (χ1) is 18.5. The summed E-state index contributed by atoms with van der Waals surface area (Å²) in [5.74, 6) is 1.80. The molecule has 1 saturated heterocycles. The number of ether oxygens (including phenoxy) is 1. The largest absolute Gasteiger partial charge is 0.493 e. The summed E-state index contributed by atoms with van der Waals surface area (Å²) < 4.78 is 7.40. The van der Waals surface area contributed by atoms with E-state index in [2.05, 4.69) is 49.2 Å². The van der Waals surface area contributed by atoms with Gasteiger partial charge in [0.1, 0.15) is 17.0 Å². The zero-order valence-electron chi connectivity index (χ0n) is 22.2. The SMILES string of the molecule is COc1cn2nccc2cc1Nc1ncnc2sc3c(c12)CC[C@H](C(=O)N1CCN(CCN(C)C)CC1)C3. The molecule has 0 aromatic carbocycles. The highest BCUT2D eigenvalue weighted by Crippen LogP contribution is 2.41. The summed E-state index contributed by atoms with van der Waals surface area (Å²) in [7, 11) is 5.86. The van der Waals surface area contributed by atoms with E-state index in [1.807, 2.05) is 18.3 Å². The van der Waals surface area contributed by atoms with Crippen molar-refractivity contribution in [1.29, 1.82) is 0 Å². The second kappa shape index (κ2) is 10.5. The van der Waals surface area contributed by atoms with Crippen LogP contribution in [-0.2, 0) is 17.6 Å². The molecule has 1 fully saturated rings. The third-order valence-corrected chi connectivity index (χ3v) is 8.88. The second-order valence-corrected chi connectivity index (χ2v) is 11.5. The fourth-order valence-electron chi connectivity index (χ4n) is 5.54. The van der Waals surface area contributed by atoms with E-state index in [9.17, 15) is 4.79 Å². The molecule has 0 unspecified atom stereocenters. The molecular formula is C27H34N8O2S. The van der Waals surface area contributed by atoms with E-state index in [-0.39, 0.29) is 5.92 Å². The van der Waals surface area contributed by atoms with Crippen LogP contribution in [0.5, 0.6) is 5.75 Å². The number of rotatable bonds is 7. The molecule has 4 aromatic rings. The molecule has 2 aliphatic rings. The van der Waals surface area contributed by atoms with E-state index in [0.717, 1.165) is 85.8 Å². The zero-order valence-corrected chi connectivity index (χ0v) is 23.0. The molecule has 1 amide bonds. The normalized spacial score (nSPS) is 18.3. The van der Waals surface area contributed by atoms with Gasteiger partial charge in [-0.25, -0.2) is 14.5 Å².